The highest BCUT2D eigenvalue weighted by Gasteiger charge is 2.53. The molecule has 1 aliphatic carbocycles. The van der Waals surface area contributed by atoms with Crippen LogP contribution < -0.4 is 24.3 Å². The van der Waals surface area contributed by atoms with E-state index < -0.39 is 20.3 Å². The van der Waals surface area contributed by atoms with Crippen LogP contribution in [0.3, 0.4) is 0 Å². The van der Waals surface area contributed by atoms with Crippen LogP contribution in [0, 0.1) is 5.92 Å². The molecule has 2 atom stereocenters. The lowest BCUT2D eigenvalue weighted by atomic mass is 9.75. The Morgan fingerprint density at radius 1 is 0.860 bits per heavy atom. The number of carbonyl (C=O) groups is 2. The standard InChI is InChI=1S/C42H55NO6Si/c1-7-8-28-48-41(45)35-26-18-19-27-43(35)40(44)38(31-20-12-9-13-21-31)32-29-36(46-5)39(37(30-32)47-6)49-50(42(2,3)4,33-22-14-10-15-23-33)34-24-16-11-17-25-34/h7,10-11,14-17,22-25,29-31,35,38H,1,8-9,12-13,18-21,26-28H2,2-6H3/t35-,38-/m0/s1. The van der Waals surface area contributed by atoms with Gasteiger partial charge in [-0.3, -0.25) is 4.79 Å². The topological polar surface area (TPSA) is 74.3 Å². The number of amides is 1. The van der Waals surface area contributed by atoms with E-state index in [2.05, 4.69) is 75.9 Å². The minimum absolute atomic E-state index is 0.0213. The number of piperidine rings is 1. The predicted octanol–water partition coefficient (Wildman–Crippen LogP) is 7.81. The molecule has 1 heterocycles. The van der Waals surface area contributed by atoms with E-state index >= 15 is 0 Å². The summed E-state index contributed by atoms with van der Waals surface area (Å²) in [7, 11) is 0.255. The molecular weight excluding hydrogens is 643 g/mol. The first-order valence-corrected chi connectivity index (χ1v) is 20.2. The van der Waals surface area contributed by atoms with Crippen LogP contribution >= 0.6 is 0 Å². The Labute approximate surface area is 300 Å². The second-order valence-corrected chi connectivity index (χ2v) is 18.9. The number of carbonyl (C=O) groups excluding carboxylic acids is 2. The maximum Gasteiger partial charge on any atom is 0.328 e. The zero-order valence-corrected chi connectivity index (χ0v) is 31.6. The second-order valence-electron chi connectivity index (χ2n) is 14.7. The van der Waals surface area contributed by atoms with Gasteiger partial charge in [0.05, 0.1) is 26.7 Å². The highest BCUT2D eigenvalue weighted by Crippen LogP contribution is 2.48. The molecule has 0 spiro atoms. The van der Waals surface area contributed by atoms with Gasteiger partial charge in [0.15, 0.2) is 17.2 Å². The predicted molar refractivity (Wildman–Crippen MR) is 202 cm³/mol. The van der Waals surface area contributed by atoms with Crippen molar-refractivity contribution in [1.29, 1.82) is 0 Å². The summed E-state index contributed by atoms with van der Waals surface area (Å²) in [5, 5.41) is 1.99. The van der Waals surface area contributed by atoms with Gasteiger partial charge >= 0.3 is 14.3 Å². The highest BCUT2D eigenvalue weighted by atomic mass is 28.4. The molecule has 0 bridgehead atoms. The van der Waals surface area contributed by atoms with Gasteiger partial charge in [-0.2, -0.15) is 0 Å². The number of benzene rings is 3. The third-order valence-corrected chi connectivity index (χ3v) is 15.4. The smallest absolute Gasteiger partial charge is 0.328 e. The van der Waals surface area contributed by atoms with Crippen molar-refractivity contribution in [3.63, 3.8) is 0 Å². The van der Waals surface area contributed by atoms with Crippen molar-refractivity contribution >= 4 is 30.6 Å². The molecule has 3 aromatic carbocycles. The molecule has 3 aromatic rings. The Morgan fingerprint density at radius 2 is 1.42 bits per heavy atom. The van der Waals surface area contributed by atoms with Gasteiger partial charge in [0, 0.05) is 6.54 Å². The molecule has 7 nitrogen and oxygen atoms in total. The average Bonchev–Trinajstić information content (AvgIpc) is 3.14. The number of rotatable bonds is 13. The molecule has 1 saturated carbocycles. The summed E-state index contributed by atoms with van der Waals surface area (Å²) in [6, 6.07) is 24.3. The lowest BCUT2D eigenvalue weighted by molar-refractivity contribution is -0.158. The van der Waals surface area contributed by atoms with Gasteiger partial charge in [-0.1, -0.05) is 107 Å². The van der Waals surface area contributed by atoms with E-state index in [1.165, 1.54) is 0 Å². The first kappa shape index (κ1) is 37.2. The number of nitrogens with zero attached hydrogens (tertiary/aromatic N) is 1. The number of hydrogen-bond donors (Lipinski definition) is 0. The Morgan fingerprint density at radius 3 is 1.94 bits per heavy atom. The van der Waals surface area contributed by atoms with Gasteiger partial charge in [0.2, 0.25) is 5.91 Å². The van der Waals surface area contributed by atoms with Crippen molar-refractivity contribution in [3.05, 3.63) is 91.0 Å². The monoisotopic (exact) mass is 697 g/mol. The summed E-state index contributed by atoms with van der Waals surface area (Å²) in [4.78, 5) is 30.0. The van der Waals surface area contributed by atoms with Crippen molar-refractivity contribution in [2.45, 2.75) is 95.6 Å². The van der Waals surface area contributed by atoms with Crippen molar-refractivity contribution < 1.29 is 28.2 Å². The number of esters is 1. The van der Waals surface area contributed by atoms with Crippen molar-refractivity contribution in [1.82, 2.24) is 4.90 Å². The largest absolute Gasteiger partial charge is 0.529 e. The van der Waals surface area contributed by atoms with Gasteiger partial charge in [-0.05, 0) is 77.6 Å². The zero-order valence-electron chi connectivity index (χ0n) is 30.6. The fourth-order valence-corrected chi connectivity index (χ4v) is 12.5. The second kappa shape index (κ2) is 16.8. The zero-order chi connectivity index (χ0) is 35.7. The highest BCUT2D eigenvalue weighted by molar-refractivity contribution is 7.00. The van der Waals surface area contributed by atoms with Crippen LogP contribution in [-0.4, -0.2) is 58.5 Å². The molecule has 50 heavy (non-hydrogen) atoms. The summed E-state index contributed by atoms with van der Waals surface area (Å²) in [5.41, 5.74) is 0.828. The van der Waals surface area contributed by atoms with Crippen molar-refractivity contribution in [3.8, 4) is 17.2 Å². The summed E-state index contributed by atoms with van der Waals surface area (Å²) in [6.07, 6.45) is 9.87. The van der Waals surface area contributed by atoms with E-state index in [1.807, 2.05) is 24.3 Å². The van der Waals surface area contributed by atoms with Crippen LogP contribution in [0.2, 0.25) is 5.04 Å². The van der Waals surface area contributed by atoms with Crippen LogP contribution in [0.25, 0.3) is 0 Å². The number of methoxy groups -OCH3 is 2. The normalized spacial score (nSPS) is 17.8. The van der Waals surface area contributed by atoms with E-state index in [-0.39, 0.29) is 29.4 Å². The van der Waals surface area contributed by atoms with Crippen LogP contribution in [0.15, 0.2) is 85.5 Å². The van der Waals surface area contributed by atoms with Gasteiger partial charge in [-0.25, -0.2) is 4.79 Å². The summed E-state index contributed by atoms with van der Waals surface area (Å²) >= 11 is 0. The minimum atomic E-state index is -3.04. The third-order valence-electron chi connectivity index (χ3n) is 10.5. The molecule has 0 unspecified atom stereocenters. The molecule has 2 aliphatic rings. The van der Waals surface area contributed by atoms with Gasteiger partial charge in [-0.15, -0.1) is 6.58 Å². The maximum absolute atomic E-state index is 14.9. The molecule has 0 N–H and O–H groups in total. The van der Waals surface area contributed by atoms with Crippen LogP contribution in [0.5, 0.6) is 17.2 Å². The molecule has 0 radical (unpaired) electrons. The number of hydrogen-bond acceptors (Lipinski definition) is 6. The molecule has 1 amide bonds. The molecule has 8 heteroatoms. The van der Waals surface area contributed by atoms with Crippen molar-refractivity contribution in [2.24, 2.45) is 5.92 Å². The molecule has 1 aliphatic heterocycles. The number of likely N-dealkylation sites (tertiary alicyclic amines) is 1. The first-order chi connectivity index (χ1) is 24.2. The molecule has 0 aromatic heterocycles. The fraction of sp³-hybridized carbons (Fsp3) is 0.476. The van der Waals surface area contributed by atoms with E-state index in [0.717, 1.165) is 60.9 Å². The molecule has 2 fully saturated rings. The quantitative estimate of drug-likeness (QED) is 0.0786. The number of ether oxygens (including phenoxy) is 3. The SMILES string of the molecule is C=CCCOC(=O)[C@@H]1CCCCN1C(=O)[C@H](c1cc(OC)c(O[Si](c2ccccc2)(c2ccccc2)C(C)(C)C)c(OC)c1)C1CCCCC1. The first-order valence-electron chi connectivity index (χ1n) is 18.3. The Bertz CT molecular complexity index is 1520. The lowest BCUT2D eigenvalue weighted by Crippen LogP contribution is -2.68. The summed E-state index contributed by atoms with van der Waals surface area (Å²) in [6.45, 7) is 11.3. The Kier molecular flexibility index (Phi) is 12.5. The average molecular weight is 698 g/mol. The van der Waals surface area contributed by atoms with Gasteiger partial charge in [0.25, 0.3) is 0 Å². The van der Waals surface area contributed by atoms with Crippen LogP contribution in [0.1, 0.15) is 90.0 Å². The molecule has 1 saturated heterocycles. The van der Waals surface area contributed by atoms with E-state index in [4.69, 9.17) is 18.6 Å². The fourth-order valence-electron chi connectivity index (χ4n) is 8.02. The van der Waals surface area contributed by atoms with E-state index in [0.29, 0.717) is 36.6 Å². The summed E-state index contributed by atoms with van der Waals surface area (Å²) < 4.78 is 25.4. The van der Waals surface area contributed by atoms with Crippen LogP contribution in [-0.2, 0) is 14.3 Å². The Hall–Kier alpha value is -4.04. The molecule has 5 rings (SSSR count). The minimum Gasteiger partial charge on any atom is -0.529 e. The van der Waals surface area contributed by atoms with Gasteiger partial charge < -0.3 is 23.5 Å². The molecule has 268 valence electrons. The van der Waals surface area contributed by atoms with E-state index in [9.17, 15) is 9.59 Å². The van der Waals surface area contributed by atoms with E-state index in [1.54, 1.807) is 25.2 Å². The Balaban J connectivity index is 1.62. The van der Waals surface area contributed by atoms with Crippen molar-refractivity contribution in [2.75, 3.05) is 27.4 Å². The van der Waals surface area contributed by atoms with Gasteiger partial charge in [0.1, 0.15) is 6.04 Å². The van der Waals surface area contributed by atoms with Crippen LogP contribution in [0.4, 0.5) is 0 Å². The summed E-state index contributed by atoms with van der Waals surface area (Å²) in [5.74, 6) is 0.915. The molecular formula is C42H55NO6Si. The lowest BCUT2D eigenvalue weighted by Gasteiger charge is -2.43. The third kappa shape index (κ3) is 7.80. The maximum atomic E-state index is 14.9.